The van der Waals surface area contributed by atoms with Crippen LogP contribution in [-0.2, 0) is 15.9 Å². The minimum atomic E-state index is -1.46. The summed E-state index contributed by atoms with van der Waals surface area (Å²) in [4.78, 5) is 10.8. The molecule has 1 aromatic carbocycles. The highest BCUT2D eigenvalue weighted by Crippen LogP contribution is 2.36. The molecule has 0 aliphatic rings. The van der Waals surface area contributed by atoms with Gasteiger partial charge in [-0.2, -0.15) is 0 Å². The van der Waals surface area contributed by atoms with Crippen LogP contribution < -0.4 is 0 Å². The molecule has 0 aromatic heterocycles. The Morgan fingerprint density at radius 3 is 2.28 bits per heavy atom. The first-order valence-corrected chi connectivity index (χ1v) is 6.13. The number of carboxylic acids is 1. The summed E-state index contributed by atoms with van der Waals surface area (Å²) in [6.45, 7) is 6.53. The molecule has 1 N–H and O–H groups in total. The smallest absolute Gasteiger partial charge is 0.304 e. The lowest BCUT2D eigenvalue weighted by molar-refractivity contribution is -0.138. The summed E-state index contributed by atoms with van der Waals surface area (Å²) in [6, 6.07) is 4.94. The Morgan fingerprint density at radius 2 is 1.89 bits per heavy atom. The number of rotatable bonds is 4. The number of halogens is 2. The Kier molecular flexibility index (Phi) is 4.06. The van der Waals surface area contributed by atoms with Gasteiger partial charge in [-0.05, 0) is 31.0 Å². The predicted molar refractivity (Wildman–Crippen MR) is 70.9 cm³/mol. The quantitative estimate of drug-likeness (QED) is 0.887. The number of alkyl halides is 1. The van der Waals surface area contributed by atoms with Crippen LogP contribution in [0, 0.1) is 0 Å². The number of carboxylic acid groups (broad SMARTS) is 1. The second kappa shape index (κ2) is 4.88. The lowest BCUT2D eigenvalue weighted by Gasteiger charge is -2.26. The maximum atomic E-state index is 13.8. The van der Waals surface area contributed by atoms with Gasteiger partial charge < -0.3 is 5.11 Å². The van der Waals surface area contributed by atoms with Crippen molar-refractivity contribution in [3.05, 3.63) is 34.3 Å². The molecule has 4 heteroatoms. The third-order valence-electron chi connectivity index (χ3n) is 2.98. The molecule has 0 aliphatic carbocycles. The van der Waals surface area contributed by atoms with E-state index in [1.165, 1.54) is 13.8 Å². The van der Waals surface area contributed by atoms with E-state index < -0.39 is 17.1 Å². The highest BCUT2D eigenvalue weighted by molar-refractivity contribution is 6.31. The zero-order valence-electron chi connectivity index (χ0n) is 11.1. The Labute approximate surface area is 112 Å². The van der Waals surface area contributed by atoms with Crippen LogP contribution in [0.4, 0.5) is 4.39 Å². The van der Waals surface area contributed by atoms with Crippen molar-refractivity contribution in [1.29, 1.82) is 0 Å². The van der Waals surface area contributed by atoms with Gasteiger partial charge >= 0.3 is 5.97 Å². The summed E-state index contributed by atoms with van der Waals surface area (Å²) in [5.74, 6) is -0.883. The molecule has 0 unspecified atom stereocenters. The molecule has 0 saturated carbocycles. The van der Waals surface area contributed by atoms with E-state index in [4.69, 9.17) is 16.7 Å². The summed E-state index contributed by atoms with van der Waals surface area (Å²) in [7, 11) is 0. The van der Waals surface area contributed by atoms with Crippen molar-refractivity contribution in [1.82, 2.24) is 0 Å². The van der Waals surface area contributed by atoms with Crippen molar-refractivity contribution in [3.8, 4) is 0 Å². The highest BCUT2D eigenvalue weighted by Gasteiger charge is 2.28. The Bertz CT molecular complexity index is 461. The van der Waals surface area contributed by atoms with E-state index in [0.29, 0.717) is 10.6 Å². The average molecular weight is 273 g/mol. The number of carbonyl (C=O) groups is 1. The van der Waals surface area contributed by atoms with Crippen LogP contribution in [-0.4, -0.2) is 11.1 Å². The van der Waals surface area contributed by atoms with Crippen LogP contribution in [0.3, 0.4) is 0 Å². The molecule has 1 aromatic rings. The van der Waals surface area contributed by atoms with Crippen molar-refractivity contribution < 1.29 is 14.3 Å². The van der Waals surface area contributed by atoms with Crippen molar-refractivity contribution in [2.45, 2.75) is 45.2 Å². The Hall–Kier alpha value is -1.09. The molecule has 0 fully saturated rings. The molecule has 1 rings (SSSR count). The summed E-state index contributed by atoms with van der Waals surface area (Å²) in [6.07, 6.45) is -0.0227. The third-order valence-corrected chi connectivity index (χ3v) is 3.29. The van der Waals surface area contributed by atoms with Crippen LogP contribution in [0.15, 0.2) is 18.2 Å². The monoisotopic (exact) mass is 272 g/mol. The largest absolute Gasteiger partial charge is 0.481 e. The first kappa shape index (κ1) is 15.0. The normalized spacial score (nSPS) is 12.6. The van der Waals surface area contributed by atoms with E-state index in [0.717, 1.165) is 5.56 Å². The fraction of sp³-hybridized carbons (Fsp3) is 0.500. The first-order chi connectivity index (χ1) is 8.04. The lowest BCUT2D eigenvalue weighted by Crippen LogP contribution is -2.22. The van der Waals surface area contributed by atoms with Crippen LogP contribution in [0.25, 0.3) is 0 Å². The van der Waals surface area contributed by atoms with Crippen molar-refractivity contribution in [2.75, 3.05) is 0 Å². The van der Waals surface area contributed by atoms with Gasteiger partial charge in [-0.15, -0.1) is 0 Å². The summed E-state index contributed by atoms with van der Waals surface area (Å²) >= 11 is 6.14. The molecule has 0 atom stereocenters. The molecular formula is C14H18ClFO2. The topological polar surface area (TPSA) is 37.3 Å². The van der Waals surface area contributed by atoms with Crippen molar-refractivity contribution >= 4 is 17.6 Å². The number of aliphatic carboxylic acids is 1. The first-order valence-electron chi connectivity index (χ1n) is 5.75. The average Bonchev–Trinajstić information content (AvgIpc) is 2.13. The van der Waals surface area contributed by atoms with Gasteiger partial charge in [-0.3, -0.25) is 4.79 Å². The molecule has 18 heavy (non-hydrogen) atoms. The maximum absolute atomic E-state index is 13.8. The second-order valence-corrected chi connectivity index (χ2v) is 6.03. The molecular weight excluding hydrogens is 255 g/mol. The standard InChI is InChI=1S/C14H18ClFO2/c1-13(2,8-12(17)18)10-6-5-9(7-11(10)15)14(3,4)16/h5-7H,8H2,1-4H3,(H,17,18). The maximum Gasteiger partial charge on any atom is 0.304 e. The minimum Gasteiger partial charge on any atom is -0.481 e. The molecule has 0 radical (unpaired) electrons. The fourth-order valence-corrected chi connectivity index (χ4v) is 2.34. The highest BCUT2D eigenvalue weighted by atomic mass is 35.5. The van der Waals surface area contributed by atoms with Gasteiger partial charge in [0.1, 0.15) is 5.67 Å². The minimum absolute atomic E-state index is 0.0227. The third kappa shape index (κ3) is 3.45. The van der Waals surface area contributed by atoms with Gasteiger partial charge in [0.05, 0.1) is 6.42 Å². The van der Waals surface area contributed by atoms with Crippen molar-refractivity contribution in [2.24, 2.45) is 0 Å². The zero-order chi connectivity index (χ0) is 14.1. The van der Waals surface area contributed by atoms with Gasteiger partial charge in [0.15, 0.2) is 0 Å². The molecule has 100 valence electrons. The SMILES string of the molecule is CC(C)(F)c1ccc(C(C)(C)CC(=O)O)c(Cl)c1. The van der Waals surface area contributed by atoms with Gasteiger partial charge in [-0.1, -0.05) is 37.6 Å². The van der Waals surface area contributed by atoms with Gasteiger partial charge in [0.25, 0.3) is 0 Å². The van der Waals surface area contributed by atoms with E-state index in [2.05, 4.69) is 0 Å². The number of hydrogen-bond acceptors (Lipinski definition) is 1. The van der Waals surface area contributed by atoms with Crippen molar-refractivity contribution in [3.63, 3.8) is 0 Å². The zero-order valence-corrected chi connectivity index (χ0v) is 11.8. The van der Waals surface area contributed by atoms with Crippen LogP contribution in [0.1, 0.15) is 45.2 Å². The van der Waals surface area contributed by atoms with Gasteiger partial charge in [0, 0.05) is 10.4 Å². The Balaban J connectivity index is 3.17. The van der Waals surface area contributed by atoms with E-state index in [-0.39, 0.29) is 6.42 Å². The summed E-state index contributed by atoms with van der Waals surface area (Å²) in [5, 5.41) is 9.29. The van der Waals surface area contributed by atoms with E-state index in [1.807, 2.05) is 13.8 Å². The predicted octanol–water partition coefficient (Wildman–Crippen LogP) is 4.30. The fourth-order valence-electron chi connectivity index (χ4n) is 1.91. The van der Waals surface area contributed by atoms with E-state index >= 15 is 0 Å². The van der Waals surface area contributed by atoms with Gasteiger partial charge in [0.2, 0.25) is 0 Å². The molecule has 2 nitrogen and oxygen atoms in total. The number of benzene rings is 1. The number of hydrogen-bond donors (Lipinski definition) is 1. The molecule has 0 aliphatic heterocycles. The van der Waals surface area contributed by atoms with Crippen LogP contribution in [0.2, 0.25) is 5.02 Å². The second-order valence-electron chi connectivity index (χ2n) is 5.62. The van der Waals surface area contributed by atoms with E-state index in [1.54, 1.807) is 18.2 Å². The summed E-state index contributed by atoms with van der Waals surface area (Å²) < 4.78 is 13.8. The molecule has 0 heterocycles. The van der Waals surface area contributed by atoms with E-state index in [9.17, 15) is 9.18 Å². The van der Waals surface area contributed by atoms with Gasteiger partial charge in [-0.25, -0.2) is 4.39 Å². The molecule has 0 saturated heterocycles. The molecule has 0 spiro atoms. The van der Waals surface area contributed by atoms with Crippen LogP contribution >= 0.6 is 11.6 Å². The summed E-state index contributed by atoms with van der Waals surface area (Å²) in [5.41, 5.74) is -0.831. The molecule has 0 bridgehead atoms. The Morgan fingerprint density at radius 1 is 1.33 bits per heavy atom. The lowest BCUT2D eigenvalue weighted by atomic mass is 9.80. The van der Waals surface area contributed by atoms with Crippen LogP contribution in [0.5, 0.6) is 0 Å². The molecule has 0 amide bonds.